The molecule has 1 atom stereocenters. The summed E-state index contributed by atoms with van der Waals surface area (Å²) in [6, 6.07) is 16.2. The first-order valence-corrected chi connectivity index (χ1v) is 8.23. The molecular weight excluding hydrogens is 319 g/mol. The maximum atomic E-state index is 13.7. The van der Waals surface area contributed by atoms with Crippen LogP contribution in [0.5, 0.6) is 0 Å². The molecule has 0 aliphatic carbocycles. The highest BCUT2D eigenvalue weighted by molar-refractivity contribution is 5.97. The predicted molar refractivity (Wildman–Crippen MR) is 96.9 cm³/mol. The second kappa shape index (κ2) is 7.79. The Morgan fingerprint density at radius 1 is 1.20 bits per heavy atom. The average Bonchev–Trinajstić information content (AvgIpc) is 3.01. The van der Waals surface area contributed by atoms with Gasteiger partial charge in [0.1, 0.15) is 5.82 Å². The molecular formula is C19H21FN4O. The van der Waals surface area contributed by atoms with Gasteiger partial charge in [-0.3, -0.25) is 9.79 Å². The van der Waals surface area contributed by atoms with Crippen molar-refractivity contribution >= 4 is 17.6 Å². The molecule has 130 valence electrons. The van der Waals surface area contributed by atoms with E-state index in [-0.39, 0.29) is 17.8 Å². The van der Waals surface area contributed by atoms with Crippen molar-refractivity contribution in [2.75, 3.05) is 18.5 Å². The van der Waals surface area contributed by atoms with Crippen LogP contribution in [0.3, 0.4) is 0 Å². The quantitative estimate of drug-likeness (QED) is 0.663. The van der Waals surface area contributed by atoms with Crippen LogP contribution in [0.15, 0.2) is 59.6 Å². The number of halogens is 1. The third-order valence-corrected chi connectivity index (χ3v) is 4.16. The number of guanidine groups is 1. The molecule has 1 aliphatic heterocycles. The van der Waals surface area contributed by atoms with Crippen molar-refractivity contribution in [1.29, 1.82) is 0 Å². The van der Waals surface area contributed by atoms with Gasteiger partial charge in [0.05, 0.1) is 6.04 Å². The number of rotatable bonds is 4. The zero-order valence-corrected chi connectivity index (χ0v) is 14.1. The van der Waals surface area contributed by atoms with E-state index in [0.29, 0.717) is 31.0 Å². The Balaban J connectivity index is 1.58. The van der Waals surface area contributed by atoms with Crippen LogP contribution < -0.4 is 15.5 Å². The number of hydrogen-bond acceptors (Lipinski definition) is 2. The van der Waals surface area contributed by atoms with E-state index in [1.165, 1.54) is 6.07 Å². The Morgan fingerprint density at radius 3 is 2.64 bits per heavy atom. The van der Waals surface area contributed by atoms with Crippen molar-refractivity contribution in [3.8, 4) is 0 Å². The molecule has 1 fully saturated rings. The summed E-state index contributed by atoms with van der Waals surface area (Å²) in [7, 11) is 1.66. The smallest absolute Gasteiger partial charge is 0.229 e. The number of carbonyl (C=O) groups is 1. The van der Waals surface area contributed by atoms with Crippen LogP contribution in [0.25, 0.3) is 0 Å². The first kappa shape index (κ1) is 17.0. The van der Waals surface area contributed by atoms with Gasteiger partial charge in [-0.05, 0) is 18.2 Å². The maximum absolute atomic E-state index is 13.7. The zero-order valence-electron chi connectivity index (χ0n) is 14.1. The minimum Gasteiger partial charge on any atom is -0.352 e. The Bertz CT molecular complexity index is 763. The molecule has 6 heteroatoms. The molecule has 2 N–H and O–H groups in total. The first-order chi connectivity index (χ1) is 12.2. The molecule has 1 saturated heterocycles. The minimum absolute atomic E-state index is 0.0421. The summed E-state index contributed by atoms with van der Waals surface area (Å²) in [4.78, 5) is 18.2. The van der Waals surface area contributed by atoms with E-state index in [9.17, 15) is 9.18 Å². The van der Waals surface area contributed by atoms with E-state index in [0.717, 1.165) is 5.69 Å². The maximum Gasteiger partial charge on any atom is 0.229 e. The summed E-state index contributed by atoms with van der Waals surface area (Å²) >= 11 is 0. The van der Waals surface area contributed by atoms with E-state index in [1.807, 2.05) is 30.3 Å². The van der Waals surface area contributed by atoms with Gasteiger partial charge in [-0.25, -0.2) is 4.39 Å². The fraction of sp³-hybridized carbons (Fsp3) is 0.263. The summed E-state index contributed by atoms with van der Waals surface area (Å²) in [5, 5.41) is 6.33. The molecule has 0 radical (unpaired) electrons. The molecule has 0 bridgehead atoms. The lowest BCUT2D eigenvalue weighted by molar-refractivity contribution is -0.117. The number of benzene rings is 2. The average molecular weight is 340 g/mol. The van der Waals surface area contributed by atoms with Crippen LogP contribution in [0.1, 0.15) is 12.0 Å². The van der Waals surface area contributed by atoms with Crippen LogP contribution in [0.4, 0.5) is 10.1 Å². The summed E-state index contributed by atoms with van der Waals surface area (Å²) < 4.78 is 13.7. The highest BCUT2D eigenvalue weighted by Crippen LogP contribution is 2.20. The lowest BCUT2D eigenvalue weighted by atomic mass is 10.2. The van der Waals surface area contributed by atoms with Crippen LogP contribution in [0, 0.1) is 5.82 Å². The van der Waals surface area contributed by atoms with Crippen LogP contribution in [0.2, 0.25) is 0 Å². The minimum atomic E-state index is -0.253. The van der Waals surface area contributed by atoms with Crippen LogP contribution in [-0.4, -0.2) is 31.5 Å². The fourth-order valence-electron chi connectivity index (χ4n) is 2.87. The van der Waals surface area contributed by atoms with Gasteiger partial charge < -0.3 is 15.5 Å². The SMILES string of the molecule is CN=C(NCc1ccccc1F)NC1CC(=O)N(c2ccccc2)C1. The second-order valence-corrected chi connectivity index (χ2v) is 5.90. The van der Waals surface area contributed by atoms with Crippen molar-refractivity contribution in [3.05, 3.63) is 66.0 Å². The Labute approximate surface area is 146 Å². The van der Waals surface area contributed by atoms with E-state index < -0.39 is 0 Å². The lowest BCUT2D eigenvalue weighted by Gasteiger charge is -2.19. The number of amides is 1. The van der Waals surface area contributed by atoms with E-state index in [2.05, 4.69) is 15.6 Å². The molecule has 0 spiro atoms. The summed E-state index contributed by atoms with van der Waals surface area (Å²) in [5.74, 6) is 0.376. The van der Waals surface area contributed by atoms with Gasteiger partial charge in [0.25, 0.3) is 0 Å². The Hall–Kier alpha value is -2.89. The molecule has 0 aromatic heterocycles. The van der Waals surface area contributed by atoms with Crippen molar-refractivity contribution < 1.29 is 9.18 Å². The topological polar surface area (TPSA) is 56.7 Å². The second-order valence-electron chi connectivity index (χ2n) is 5.90. The number of nitrogens with one attached hydrogen (secondary N) is 2. The molecule has 1 amide bonds. The zero-order chi connectivity index (χ0) is 17.6. The summed E-state index contributed by atoms with van der Waals surface area (Å²) in [6.45, 7) is 0.901. The molecule has 1 heterocycles. The Morgan fingerprint density at radius 2 is 1.92 bits per heavy atom. The molecule has 1 unspecified atom stereocenters. The van der Waals surface area contributed by atoms with Gasteiger partial charge in [-0.2, -0.15) is 0 Å². The van der Waals surface area contributed by atoms with Gasteiger partial charge in [0.2, 0.25) is 5.91 Å². The van der Waals surface area contributed by atoms with E-state index in [4.69, 9.17) is 0 Å². The van der Waals surface area contributed by atoms with Crippen molar-refractivity contribution in [1.82, 2.24) is 10.6 Å². The molecule has 3 rings (SSSR count). The molecule has 2 aromatic rings. The van der Waals surface area contributed by atoms with Crippen LogP contribution >= 0.6 is 0 Å². The van der Waals surface area contributed by atoms with E-state index >= 15 is 0 Å². The third-order valence-electron chi connectivity index (χ3n) is 4.16. The first-order valence-electron chi connectivity index (χ1n) is 8.23. The largest absolute Gasteiger partial charge is 0.352 e. The third kappa shape index (κ3) is 4.15. The number of para-hydroxylation sites is 1. The monoisotopic (exact) mass is 340 g/mol. The predicted octanol–water partition coefficient (Wildman–Crippen LogP) is 2.30. The van der Waals surface area contributed by atoms with Gasteiger partial charge in [-0.15, -0.1) is 0 Å². The summed E-state index contributed by atoms with van der Waals surface area (Å²) in [6.07, 6.45) is 0.398. The van der Waals surface area contributed by atoms with Crippen LogP contribution in [-0.2, 0) is 11.3 Å². The lowest BCUT2D eigenvalue weighted by Crippen LogP contribution is -2.44. The molecule has 0 saturated carbocycles. The van der Waals surface area contributed by atoms with Crippen molar-refractivity contribution in [2.24, 2.45) is 4.99 Å². The van der Waals surface area contributed by atoms with Gasteiger partial charge in [-0.1, -0.05) is 36.4 Å². The van der Waals surface area contributed by atoms with Crippen molar-refractivity contribution in [3.63, 3.8) is 0 Å². The van der Waals surface area contributed by atoms with E-state index in [1.54, 1.807) is 30.1 Å². The number of hydrogen-bond donors (Lipinski definition) is 2. The molecule has 2 aromatic carbocycles. The van der Waals surface area contributed by atoms with Gasteiger partial charge in [0.15, 0.2) is 5.96 Å². The molecule has 1 aliphatic rings. The van der Waals surface area contributed by atoms with Gasteiger partial charge in [0, 0.05) is 37.8 Å². The molecule has 5 nitrogen and oxygen atoms in total. The summed E-state index contributed by atoms with van der Waals surface area (Å²) in [5.41, 5.74) is 1.46. The number of aliphatic imine (C=N–C) groups is 1. The fourth-order valence-corrected chi connectivity index (χ4v) is 2.87. The standard InChI is InChI=1S/C19H21FN4O/c1-21-19(22-12-14-7-5-6-10-17(14)20)23-15-11-18(25)24(13-15)16-8-3-2-4-9-16/h2-10,15H,11-13H2,1H3,(H2,21,22,23). The number of anilines is 1. The highest BCUT2D eigenvalue weighted by Gasteiger charge is 2.31. The number of nitrogens with zero attached hydrogens (tertiary/aromatic N) is 2. The normalized spacial score (nSPS) is 17.7. The van der Waals surface area contributed by atoms with Gasteiger partial charge >= 0.3 is 0 Å². The Kier molecular flexibility index (Phi) is 5.28. The van der Waals surface area contributed by atoms with Crippen molar-refractivity contribution in [2.45, 2.75) is 19.0 Å². The molecule has 25 heavy (non-hydrogen) atoms. The number of carbonyl (C=O) groups excluding carboxylic acids is 1. The highest BCUT2D eigenvalue weighted by atomic mass is 19.1.